The molecule has 1 aromatic carbocycles. The summed E-state index contributed by atoms with van der Waals surface area (Å²) in [6.45, 7) is 2.25. The van der Waals surface area contributed by atoms with Gasteiger partial charge in [0.25, 0.3) is 5.71 Å². The molecule has 1 aliphatic rings. The number of aromatic nitrogens is 3. The second-order valence-corrected chi connectivity index (χ2v) is 6.00. The lowest BCUT2D eigenvalue weighted by Crippen LogP contribution is -2.40. The molecule has 8 heteroatoms. The Kier molecular flexibility index (Phi) is 3.60. The molecule has 1 amide bonds. The molecule has 3 heterocycles. The fourth-order valence-corrected chi connectivity index (χ4v) is 3.25. The van der Waals surface area contributed by atoms with E-state index in [-0.39, 0.29) is 5.91 Å². The minimum atomic E-state index is -0.438. The zero-order chi connectivity index (χ0) is 17.6. The Morgan fingerprint density at radius 1 is 1.32 bits per heavy atom. The van der Waals surface area contributed by atoms with E-state index in [4.69, 9.17) is 4.52 Å². The van der Waals surface area contributed by atoms with Crippen LogP contribution in [0.15, 0.2) is 35.1 Å². The lowest BCUT2D eigenvalue weighted by atomic mass is 10.2. The van der Waals surface area contributed by atoms with Gasteiger partial charge in [0.15, 0.2) is 0 Å². The van der Waals surface area contributed by atoms with Crippen LogP contribution in [0.5, 0.6) is 0 Å². The van der Waals surface area contributed by atoms with Gasteiger partial charge in [0, 0.05) is 13.6 Å². The highest BCUT2D eigenvalue weighted by atomic mass is 19.1. The summed E-state index contributed by atoms with van der Waals surface area (Å²) in [4.78, 5) is 24.5. The summed E-state index contributed by atoms with van der Waals surface area (Å²) in [5.74, 6) is 0.0180. The maximum atomic E-state index is 14.0. The summed E-state index contributed by atoms with van der Waals surface area (Å²) in [7, 11) is 1.79. The van der Waals surface area contributed by atoms with Crippen molar-refractivity contribution in [1.82, 2.24) is 15.1 Å². The molecule has 128 valence electrons. The Morgan fingerprint density at radius 3 is 2.92 bits per heavy atom. The van der Waals surface area contributed by atoms with Gasteiger partial charge in [-0.2, -0.15) is 4.98 Å². The number of hydrogen-bond acceptors (Lipinski definition) is 6. The van der Waals surface area contributed by atoms with Gasteiger partial charge < -0.3 is 14.3 Å². The molecule has 3 aromatic rings. The summed E-state index contributed by atoms with van der Waals surface area (Å²) >= 11 is 0. The van der Waals surface area contributed by atoms with Crippen molar-refractivity contribution < 1.29 is 13.7 Å². The monoisotopic (exact) mass is 341 g/mol. The average molecular weight is 341 g/mol. The molecular weight excluding hydrogens is 325 g/mol. The fourth-order valence-electron chi connectivity index (χ4n) is 3.25. The highest BCUT2D eigenvalue weighted by molar-refractivity contribution is 6.02. The molecule has 0 aliphatic carbocycles. The van der Waals surface area contributed by atoms with Crippen molar-refractivity contribution in [2.24, 2.45) is 0 Å². The smallest absolute Gasteiger partial charge is 0.263 e. The number of rotatable bonds is 3. The van der Waals surface area contributed by atoms with E-state index in [1.54, 1.807) is 37.1 Å². The molecule has 25 heavy (non-hydrogen) atoms. The summed E-state index contributed by atoms with van der Waals surface area (Å²) in [5.41, 5.74) is 1.34. The molecule has 0 N–H and O–H groups in total. The van der Waals surface area contributed by atoms with Crippen LogP contribution in [0.25, 0.3) is 11.1 Å². The minimum absolute atomic E-state index is 0.159. The maximum Gasteiger partial charge on any atom is 0.263 e. The molecule has 0 bridgehead atoms. The van der Waals surface area contributed by atoms with Gasteiger partial charge in [0.2, 0.25) is 5.91 Å². The van der Waals surface area contributed by atoms with Gasteiger partial charge in [0.05, 0.1) is 11.4 Å². The molecular formula is C17H16FN5O2. The third-order valence-electron chi connectivity index (χ3n) is 4.55. The molecule has 1 atom stereocenters. The van der Waals surface area contributed by atoms with E-state index in [0.29, 0.717) is 41.3 Å². The topological polar surface area (TPSA) is 75.4 Å². The van der Waals surface area contributed by atoms with Crippen molar-refractivity contribution in [3.63, 3.8) is 0 Å². The van der Waals surface area contributed by atoms with E-state index in [0.717, 1.165) is 0 Å². The first kappa shape index (κ1) is 15.5. The molecule has 0 spiro atoms. The third-order valence-corrected chi connectivity index (χ3v) is 4.55. The van der Waals surface area contributed by atoms with Crippen LogP contribution in [0, 0.1) is 12.7 Å². The van der Waals surface area contributed by atoms with Crippen LogP contribution in [0.1, 0.15) is 12.1 Å². The van der Waals surface area contributed by atoms with Gasteiger partial charge in [-0.05, 0) is 25.5 Å². The minimum Gasteiger partial charge on any atom is -0.347 e. The summed E-state index contributed by atoms with van der Waals surface area (Å²) in [6.07, 6.45) is 1.95. The van der Waals surface area contributed by atoms with Crippen LogP contribution in [0.2, 0.25) is 0 Å². The number of carbonyl (C=O) groups is 1. The van der Waals surface area contributed by atoms with Crippen molar-refractivity contribution in [3.8, 4) is 0 Å². The van der Waals surface area contributed by atoms with Gasteiger partial charge in [-0.3, -0.25) is 4.79 Å². The maximum absolute atomic E-state index is 14.0. The zero-order valence-corrected chi connectivity index (χ0v) is 13.8. The Hall–Kier alpha value is -3.03. The Balaban J connectivity index is 1.67. The third kappa shape index (κ3) is 2.41. The second-order valence-electron chi connectivity index (χ2n) is 6.00. The van der Waals surface area contributed by atoms with Gasteiger partial charge in [-0.15, -0.1) is 0 Å². The molecule has 1 fully saturated rings. The second kappa shape index (κ2) is 5.80. The van der Waals surface area contributed by atoms with Crippen LogP contribution in [-0.4, -0.2) is 40.7 Å². The van der Waals surface area contributed by atoms with E-state index in [9.17, 15) is 9.18 Å². The first-order valence-corrected chi connectivity index (χ1v) is 7.93. The lowest BCUT2D eigenvalue weighted by molar-refractivity contribution is -0.118. The number of anilines is 2. The first-order valence-electron chi connectivity index (χ1n) is 7.93. The number of fused-ring (bicyclic) bond motifs is 1. The zero-order valence-electron chi connectivity index (χ0n) is 13.8. The SMILES string of the molecule is Cc1noc2ncnc(N(C)C3CCN(c4ccccc4F)C3=O)c12. The number of likely N-dealkylation sites (N-methyl/N-ethyl adjacent to an activating group) is 1. The molecule has 1 unspecified atom stereocenters. The van der Waals surface area contributed by atoms with E-state index in [1.807, 2.05) is 0 Å². The van der Waals surface area contributed by atoms with Crippen molar-refractivity contribution in [2.45, 2.75) is 19.4 Å². The Bertz CT molecular complexity index is 957. The lowest BCUT2D eigenvalue weighted by Gasteiger charge is -2.25. The van der Waals surface area contributed by atoms with Crippen LogP contribution in [-0.2, 0) is 4.79 Å². The number of amides is 1. The Labute approximate surface area is 143 Å². The summed E-state index contributed by atoms with van der Waals surface area (Å²) in [6, 6.07) is 5.86. The van der Waals surface area contributed by atoms with Crippen molar-refractivity contribution >= 4 is 28.5 Å². The van der Waals surface area contributed by atoms with Crippen molar-refractivity contribution in [2.75, 3.05) is 23.4 Å². The van der Waals surface area contributed by atoms with Crippen molar-refractivity contribution in [1.29, 1.82) is 0 Å². The molecule has 0 saturated carbocycles. The first-order chi connectivity index (χ1) is 12.1. The van der Waals surface area contributed by atoms with Crippen LogP contribution < -0.4 is 9.80 Å². The number of halogens is 1. The van der Waals surface area contributed by atoms with Crippen molar-refractivity contribution in [3.05, 3.63) is 42.1 Å². The summed E-state index contributed by atoms with van der Waals surface area (Å²) < 4.78 is 19.2. The van der Waals surface area contributed by atoms with E-state index < -0.39 is 11.9 Å². The van der Waals surface area contributed by atoms with Gasteiger partial charge >= 0.3 is 0 Å². The standard InChI is InChI=1S/C17H16FN5O2/c1-10-14-15(19-9-20-16(14)25-21-10)22(2)13-7-8-23(17(13)24)12-6-4-3-5-11(12)18/h3-6,9,13H,7-8H2,1-2H3. The van der Waals surface area contributed by atoms with E-state index in [1.165, 1.54) is 17.3 Å². The number of nitrogens with zero attached hydrogens (tertiary/aromatic N) is 5. The molecule has 0 radical (unpaired) electrons. The van der Waals surface area contributed by atoms with Crippen LogP contribution in [0.4, 0.5) is 15.9 Å². The van der Waals surface area contributed by atoms with Gasteiger partial charge in [-0.1, -0.05) is 17.3 Å². The highest BCUT2D eigenvalue weighted by Gasteiger charge is 2.37. The van der Waals surface area contributed by atoms with E-state index >= 15 is 0 Å². The quantitative estimate of drug-likeness (QED) is 0.728. The van der Waals surface area contributed by atoms with E-state index in [2.05, 4.69) is 15.1 Å². The number of carbonyl (C=O) groups excluding carboxylic acids is 1. The van der Waals surface area contributed by atoms with Crippen LogP contribution in [0.3, 0.4) is 0 Å². The van der Waals surface area contributed by atoms with Crippen LogP contribution >= 0.6 is 0 Å². The molecule has 1 aliphatic heterocycles. The molecule has 4 rings (SSSR count). The number of aryl methyl sites for hydroxylation is 1. The molecule has 7 nitrogen and oxygen atoms in total. The highest BCUT2D eigenvalue weighted by Crippen LogP contribution is 2.31. The average Bonchev–Trinajstić information content (AvgIpc) is 3.18. The molecule has 2 aromatic heterocycles. The number of para-hydroxylation sites is 1. The Morgan fingerprint density at radius 2 is 2.12 bits per heavy atom. The molecule has 1 saturated heterocycles. The summed E-state index contributed by atoms with van der Waals surface area (Å²) in [5, 5.41) is 4.59. The number of hydrogen-bond donors (Lipinski definition) is 0. The largest absolute Gasteiger partial charge is 0.347 e. The fraction of sp³-hybridized carbons (Fsp3) is 0.294. The predicted molar refractivity (Wildman–Crippen MR) is 89.9 cm³/mol. The van der Waals surface area contributed by atoms with Gasteiger partial charge in [0.1, 0.15) is 29.4 Å². The van der Waals surface area contributed by atoms with Gasteiger partial charge in [-0.25, -0.2) is 9.37 Å². The predicted octanol–water partition coefficient (Wildman–Crippen LogP) is 2.31. The number of benzene rings is 1. The normalized spacial score (nSPS) is 17.5.